The lowest BCUT2D eigenvalue weighted by Gasteiger charge is -2.16. The summed E-state index contributed by atoms with van der Waals surface area (Å²) in [4.78, 5) is 11.5. The second-order valence-electron chi connectivity index (χ2n) is 4.56. The van der Waals surface area contributed by atoms with Gasteiger partial charge in [-0.15, -0.1) is 0 Å². The Kier molecular flexibility index (Phi) is 3.73. The number of benzene rings is 1. The van der Waals surface area contributed by atoms with Crippen molar-refractivity contribution in [2.24, 2.45) is 5.92 Å². The van der Waals surface area contributed by atoms with E-state index >= 15 is 0 Å². The molecule has 2 nitrogen and oxygen atoms in total. The monoisotopic (exact) mass is 218 g/mol. The average molecular weight is 218 g/mol. The van der Waals surface area contributed by atoms with E-state index in [2.05, 4.69) is 12.1 Å². The second-order valence-corrected chi connectivity index (χ2v) is 4.56. The number of carbonyl (C=O) groups is 1. The van der Waals surface area contributed by atoms with Crippen LogP contribution in [0, 0.1) is 5.92 Å². The summed E-state index contributed by atoms with van der Waals surface area (Å²) < 4.78 is 0. The molecule has 0 heterocycles. The van der Waals surface area contributed by atoms with Crippen molar-refractivity contribution in [2.45, 2.75) is 38.2 Å². The molecule has 1 aliphatic rings. The van der Waals surface area contributed by atoms with E-state index in [-0.39, 0.29) is 11.7 Å². The number of aryl methyl sites for hydroxylation is 1. The highest BCUT2D eigenvalue weighted by atomic mass is 16.3. The minimum Gasteiger partial charge on any atom is -0.392 e. The van der Waals surface area contributed by atoms with E-state index in [4.69, 9.17) is 0 Å². The van der Waals surface area contributed by atoms with Gasteiger partial charge < -0.3 is 5.11 Å². The number of aliphatic hydroxyl groups excluding tert-OH is 1. The third-order valence-electron chi connectivity index (χ3n) is 3.39. The molecular formula is C14H18O2. The molecular weight excluding hydrogens is 200 g/mol. The van der Waals surface area contributed by atoms with E-state index in [1.165, 1.54) is 5.56 Å². The van der Waals surface area contributed by atoms with Crippen LogP contribution in [0.15, 0.2) is 30.3 Å². The molecule has 1 fully saturated rings. The Balaban J connectivity index is 1.84. The van der Waals surface area contributed by atoms with Crippen LogP contribution in [0.25, 0.3) is 0 Å². The molecule has 2 atom stereocenters. The molecule has 2 heteroatoms. The highest BCUT2D eigenvalue weighted by Gasteiger charge is 2.30. The van der Waals surface area contributed by atoms with Crippen molar-refractivity contribution < 1.29 is 9.90 Å². The summed E-state index contributed by atoms with van der Waals surface area (Å²) in [6.07, 6.45) is 3.58. The summed E-state index contributed by atoms with van der Waals surface area (Å²) in [5.74, 6) is 0.157. The van der Waals surface area contributed by atoms with Crippen molar-refractivity contribution in [3.05, 3.63) is 35.9 Å². The molecule has 0 spiro atoms. The topological polar surface area (TPSA) is 37.3 Å². The molecule has 0 aliphatic heterocycles. The molecule has 0 aromatic heterocycles. The summed E-state index contributed by atoms with van der Waals surface area (Å²) in [5, 5.41) is 9.96. The second kappa shape index (κ2) is 5.26. The van der Waals surface area contributed by atoms with Gasteiger partial charge in [0.1, 0.15) is 5.78 Å². The van der Waals surface area contributed by atoms with Gasteiger partial charge in [-0.3, -0.25) is 4.79 Å². The Morgan fingerprint density at radius 1 is 1.31 bits per heavy atom. The van der Waals surface area contributed by atoms with Gasteiger partial charge in [0, 0.05) is 12.3 Å². The molecule has 0 unspecified atom stereocenters. The zero-order valence-corrected chi connectivity index (χ0v) is 9.43. The summed E-state index contributed by atoms with van der Waals surface area (Å²) in [7, 11) is 0. The molecule has 0 amide bonds. The Bertz CT molecular complexity index is 345. The van der Waals surface area contributed by atoms with Crippen LogP contribution >= 0.6 is 0 Å². The fourth-order valence-corrected chi connectivity index (χ4v) is 2.41. The number of rotatable bonds is 4. The van der Waals surface area contributed by atoms with Crippen LogP contribution in [0.1, 0.15) is 31.2 Å². The van der Waals surface area contributed by atoms with Crippen molar-refractivity contribution in [3.8, 4) is 0 Å². The maximum Gasteiger partial charge on any atom is 0.138 e. The van der Waals surface area contributed by atoms with Gasteiger partial charge in [0.15, 0.2) is 0 Å². The smallest absolute Gasteiger partial charge is 0.138 e. The molecule has 0 saturated heterocycles. The molecule has 0 bridgehead atoms. The van der Waals surface area contributed by atoms with Gasteiger partial charge >= 0.3 is 0 Å². The van der Waals surface area contributed by atoms with Gasteiger partial charge in [0.05, 0.1) is 6.10 Å². The molecule has 86 valence electrons. The van der Waals surface area contributed by atoms with Gasteiger partial charge in [-0.1, -0.05) is 30.3 Å². The Hall–Kier alpha value is -1.15. The number of Topliss-reactive ketones (excluding diaryl/α,β-unsaturated/α-hetero) is 1. The van der Waals surface area contributed by atoms with Crippen molar-refractivity contribution >= 4 is 5.78 Å². The van der Waals surface area contributed by atoms with Crippen LogP contribution in [0.5, 0.6) is 0 Å². The molecule has 0 radical (unpaired) electrons. The number of hydrogen-bond acceptors (Lipinski definition) is 2. The lowest BCUT2D eigenvalue weighted by molar-refractivity contribution is -0.123. The standard InChI is InChI=1S/C14H18O2/c15-13-8-4-7-12(13)14(16)10-9-11-5-2-1-3-6-11/h1-3,5-6,12,14,16H,4,7-10H2/t12-,14-/m1/s1. The van der Waals surface area contributed by atoms with E-state index in [1.807, 2.05) is 18.2 Å². The summed E-state index contributed by atoms with van der Waals surface area (Å²) in [6, 6.07) is 10.1. The fourth-order valence-electron chi connectivity index (χ4n) is 2.41. The van der Waals surface area contributed by atoms with Crippen molar-refractivity contribution in [3.63, 3.8) is 0 Å². The third kappa shape index (κ3) is 2.70. The van der Waals surface area contributed by atoms with Crippen molar-refractivity contribution in [2.75, 3.05) is 0 Å². The Morgan fingerprint density at radius 3 is 2.69 bits per heavy atom. The summed E-state index contributed by atoms with van der Waals surface area (Å²) >= 11 is 0. The minimum absolute atomic E-state index is 0.0938. The first-order valence-corrected chi connectivity index (χ1v) is 6.02. The number of ketones is 1. The quantitative estimate of drug-likeness (QED) is 0.842. The van der Waals surface area contributed by atoms with Crippen molar-refractivity contribution in [1.29, 1.82) is 0 Å². The molecule has 1 saturated carbocycles. The molecule has 1 aromatic rings. The minimum atomic E-state index is -0.449. The van der Waals surface area contributed by atoms with E-state index in [1.54, 1.807) is 0 Å². The molecule has 1 aromatic carbocycles. The number of carbonyl (C=O) groups excluding carboxylic acids is 1. The van der Waals surface area contributed by atoms with Crippen LogP contribution in [0.3, 0.4) is 0 Å². The maximum absolute atomic E-state index is 11.5. The van der Waals surface area contributed by atoms with E-state index in [0.29, 0.717) is 12.8 Å². The van der Waals surface area contributed by atoms with Crippen LogP contribution in [0.4, 0.5) is 0 Å². The van der Waals surface area contributed by atoms with Crippen LogP contribution in [-0.2, 0) is 11.2 Å². The van der Waals surface area contributed by atoms with Gasteiger partial charge in [-0.25, -0.2) is 0 Å². The molecule has 1 aliphatic carbocycles. The largest absolute Gasteiger partial charge is 0.392 e. The van der Waals surface area contributed by atoms with Gasteiger partial charge in [0.25, 0.3) is 0 Å². The SMILES string of the molecule is O=C1CCC[C@H]1[C@H](O)CCc1ccccc1. The lowest BCUT2D eigenvalue weighted by Crippen LogP contribution is -2.24. The van der Waals surface area contributed by atoms with Crippen LogP contribution in [-0.4, -0.2) is 17.0 Å². The molecule has 2 rings (SSSR count). The summed E-state index contributed by atoms with van der Waals surface area (Å²) in [6.45, 7) is 0. The molecule has 16 heavy (non-hydrogen) atoms. The number of hydrogen-bond donors (Lipinski definition) is 1. The van der Waals surface area contributed by atoms with Gasteiger partial charge in [0.2, 0.25) is 0 Å². The zero-order chi connectivity index (χ0) is 11.4. The number of aliphatic hydroxyl groups is 1. The zero-order valence-electron chi connectivity index (χ0n) is 9.43. The predicted molar refractivity (Wildman–Crippen MR) is 63.1 cm³/mol. The first-order chi connectivity index (χ1) is 7.77. The highest BCUT2D eigenvalue weighted by Crippen LogP contribution is 2.26. The van der Waals surface area contributed by atoms with E-state index in [9.17, 15) is 9.90 Å². The third-order valence-corrected chi connectivity index (χ3v) is 3.39. The van der Waals surface area contributed by atoms with E-state index in [0.717, 1.165) is 19.3 Å². The predicted octanol–water partition coefficient (Wildman–Crippen LogP) is 2.35. The normalized spacial score (nSPS) is 22.3. The maximum atomic E-state index is 11.5. The first kappa shape index (κ1) is 11.3. The highest BCUT2D eigenvalue weighted by molar-refractivity contribution is 5.83. The van der Waals surface area contributed by atoms with Crippen LogP contribution < -0.4 is 0 Å². The Morgan fingerprint density at radius 2 is 2.06 bits per heavy atom. The average Bonchev–Trinajstić information content (AvgIpc) is 2.74. The van der Waals surface area contributed by atoms with Gasteiger partial charge in [-0.05, 0) is 31.2 Å². The van der Waals surface area contributed by atoms with E-state index < -0.39 is 6.10 Å². The summed E-state index contributed by atoms with van der Waals surface area (Å²) in [5.41, 5.74) is 1.23. The first-order valence-electron chi connectivity index (χ1n) is 6.02. The lowest BCUT2D eigenvalue weighted by atomic mass is 9.94. The van der Waals surface area contributed by atoms with Gasteiger partial charge in [-0.2, -0.15) is 0 Å². The Labute approximate surface area is 96.3 Å². The fraction of sp³-hybridized carbons (Fsp3) is 0.500. The van der Waals surface area contributed by atoms with Crippen molar-refractivity contribution in [1.82, 2.24) is 0 Å². The van der Waals surface area contributed by atoms with Crippen LogP contribution in [0.2, 0.25) is 0 Å². The molecule has 1 N–H and O–H groups in total.